The number of hydrogen-bond donors (Lipinski definition) is 0. The van der Waals surface area contributed by atoms with E-state index in [1.165, 1.54) is 76.5 Å². The molecule has 0 saturated carbocycles. The van der Waals surface area contributed by atoms with Gasteiger partial charge in [0.1, 0.15) is 0 Å². The fraction of sp³-hybridized carbons (Fsp3) is 0. The second kappa shape index (κ2) is 15.0. The Morgan fingerprint density at radius 2 is 0.641 bits per heavy atom. The topological polar surface area (TPSA) is 28.1 Å². The molecule has 12 aromatic carbocycles. The molecule has 0 heterocycles. The van der Waals surface area contributed by atoms with Crippen LogP contribution < -0.4 is 0 Å². The Morgan fingerprint density at radius 3 is 1.05 bits per heavy atom. The van der Waals surface area contributed by atoms with Crippen molar-refractivity contribution in [3.63, 3.8) is 0 Å². The van der Waals surface area contributed by atoms with E-state index in [1.807, 2.05) is 24.3 Å². The molecule has 0 bridgehead atoms. The van der Waals surface area contributed by atoms with E-state index in [0.29, 0.717) is 11.3 Å². The van der Waals surface area contributed by atoms with Crippen LogP contribution in [-0.4, -0.2) is 0 Å². The summed E-state index contributed by atoms with van der Waals surface area (Å²) < 4.78 is 0. The molecular formula is C62H36N2. The van der Waals surface area contributed by atoms with E-state index in [9.17, 15) is 5.26 Å². The van der Waals surface area contributed by atoms with Gasteiger partial charge in [-0.15, -0.1) is 0 Å². The van der Waals surface area contributed by atoms with Crippen LogP contribution in [0, 0.1) is 17.9 Å². The largest absolute Gasteiger partial charge is 0.238 e. The van der Waals surface area contributed by atoms with Crippen molar-refractivity contribution < 1.29 is 0 Å². The maximum atomic E-state index is 9.80. The molecule has 0 spiro atoms. The number of fused-ring (bicyclic) bond motifs is 2. The van der Waals surface area contributed by atoms with E-state index in [0.717, 1.165) is 44.2 Å². The minimum atomic E-state index is 0.617. The number of benzene rings is 12. The summed E-state index contributed by atoms with van der Waals surface area (Å²) >= 11 is 0. The molecule has 64 heavy (non-hydrogen) atoms. The monoisotopic (exact) mass is 808 g/mol. The molecule has 0 aliphatic carbocycles. The summed E-state index contributed by atoms with van der Waals surface area (Å²) in [5.74, 6) is 0. The van der Waals surface area contributed by atoms with Crippen LogP contribution in [0.15, 0.2) is 218 Å². The second-order valence-corrected chi connectivity index (χ2v) is 16.5. The maximum absolute atomic E-state index is 9.80. The van der Waals surface area contributed by atoms with Gasteiger partial charge in [-0.1, -0.05) is 194 Å². The van der Waals surface area contributed by atoms with Gasteiger partial charge in [0.15, 0.2) is 5.69 Å². The zero-order valence-electron chi connectivity index (χ0n) is 34.7. The van der Waals surface area contributed by atoms with Gasteiger partial charge >= 0.3 is 0 Å². The van der Waals surface area contributed by atoms with Crippen LogP contribution in [0.1, 0.15) is 5.56 Å². The fourth-order valence-electron chi connectivity index (χ4n) is 10.2. The van der Waals surface area contributed by atoms with E-state index in [1.54, 1.807) is 0 Å². The first-order valence-electron chi connectivity index (χ1n) is 21.6. The summed E-state index contributed by atoms with van der Waals surface area (Å²) in [6.45, 7) is 7.71. The predicted octanol–water partition coefficient (Wildman–Crippen LogP) is 17.3. The zero-order valence-corrected chi connectivity index (χ0v) is 34.7. The number of nitriles is 1. The number of nitrogens with zero attached hydrogens (tertiary/aromatic N) is 2. The third-order valence-electron chi connectivity index (χ3n) is 13.1. The molecule has 0 fully saturated rings. The molecule has 0 aromatic heterocycles. The fourth-order valence-corrected chi connectivity index (χ4v) is 10.2. The molecular weight excluding hydrogens is 773 g/mol. The summed E-state index contributed by atoms with van der Waals surface area (Å²) in [5.41, 5.74) is 15.0. The first kappa shape index (κ1) is 37.0. The van der Waals surface area contributed by atoms with Crippen LogP contribution in [0.3, 0.4) is 0 Å². The molecule has 2 heteroatoms. The Bertz CT molecular complexity index is 3610. The minimum absolute atomic E-state index is 0.617. The Balaban J connectivity index is 1.22. The summed E-state index contributed by atoms with van der Waals surface area (Å²) in [6.07, 6.45) is 0. The lowest BCUT2D eigenvalue weighted by Gasteiger charge is -2.23. The highest BCUT2D eigenvalue weighted by molar-refractivity contribution is 6.33. The van der Waals surface area contributed by atoms with Gasteiger partial charge in [0, 0.05) is 0 Å². The van der Waals surface area contributed by atoms with Crippen molar-refractivity contribution in [1.82, 2.24) is 0 Å². The molecule has 0 atom stereocenters. The third kappa shape index (κ3) is 5.86. The molecule has 0 aliphatic rings. The van der Waals surface area contributed by atoms with Gasteiger partial charge in [-0.25, -0.2) is 4.85 Å². The number of rotatable bonds is 6. The van der Waals surface area contributed by atoms with Crippen molar-refractivity contribution in [3.8, 4) is 72.8 Å². The molecule has 12 aromatic rings. The van der Waals surface area contributed by atoms with Crippen LogP contribution in [0.5, 0.6) is 0 Å². The Hall–Kier alpha value is -8.82. The predicted molar refractivity (Wildman–Crippen MR) is 269 cm³/mol. The lowest BCUT2D eigenvalue weighted by molar-refractivity contribution is 1.48. The lowest BCUT2D eigenvalue weighted by atomic mass is 9.80. The lowest BCUT2D eigenvalue weighted by Crippen LogP contribution is -1.95. The van der Waals surface area contributed by atoms with Crippen LogP contribution in [0.2, 0.25) is 0 Å². The van der Waals surface area contributed by atoms with Crippen LogP contribution in [0.25, 0.3) is 125 Å². The third-order valence-corrected chi connectivity index (χ3v) is 13.1. The van der Waals surface area contributed by atoms with Crippen molar-refractivity contribution in [3.05, 3.63) is 235 Å². The molecule has 12 rings (SSSR count). The highest BCUT2D eigenvalue weighted by Crippen LogP contribution is 2.51. The van der Waals surface area contributed by atoms with Crippen LogP contribution in [-0.2, 0) is 0 Å². The van der Waals surface area contributed by atoms with Crippen LogP contribution >= 0.6 is 0 Å². The normalized spacial score (nSPS) is 11.4. The van der Waals surface area contributed by atoms with E-state index in [2.05, 4.69) is 205 Å². The van der Waals surface area contributed by atoms with Crippen molar-refractivity contribution in [2.75, 3.05) is 0 Å². The molecule has 0 aliphatic heterocycles. The first-order valence-corrected chi connectivity index (χ1v) is 21.6. The second-order valence-electron chi connectivity index (χ2n) is 16.5. The molecule has 0 unspecified atom stereocenters. The quantitative estimate of drug-likeness (QED) is 0.121. The first-order chi connectivity index (χ1) is 31.7. The SMILES string of the molecule is [C-]#[N+]c1ccc(-c2cc(-c3ccc(-c4ccccc4)c4ccccc34)c3ccc4c(-c5ccc(C#N)cc5)cc(-c5ccc(-c6ccccc6)c6ccccc56)c5ccc2c3c45)cc1. The van der Waals surface area contributed by atoms with Crippen molar-refractivity contribution in [1.29, 1.82) is 5.26 Å². The van der Waals surface area contributed by atoms with E-state index < -0.39 is 0 Å². The molecule has 0 radical (unpaired) electrons. The molecule has 0 amide bonds. The summed E-state index contributed by atoms with van der Waals surface area (Å²) in [6, 6.07) is 80.4. The van der Waals surface area contributed by atoms with Gasteiger partial charge in [0.25, 0.3) is 0 Å². The Morgan fingerprint density at radius 1 is 0.297 bits per heavy atom. The van der Waals surface area contributed by atoms with Gasteiger partial charge in [-0.3, -0.25) is 0 Å². The standard InChI is InChI=1S/C62H36N2/c1-64-44-26-24-43(25-27-44)58-37-60(52-31-29-46(41-14-6-3-7-15-41)48-17-9-11-19-50(48)52)56-34-32-53-57(42-22-20-39(38-63)21-23-42)36-59(55-35-33-54(58)62(56)61(53)55)51-30-28-45(40-12-4-2-5-13-40)47-16-8-10-18-49(47)51/h2-37H. The highest BCUT2D eigenvalue weighted by atomic mass is 14.6. The van der Waals surface area contributed by atoms with Crippen molar-refractivity contribution >= 4 is 59.5 Å². The molecule has 294 valence electrons. The highest BCUT2D eigenvalue weighted by Gasteiger charge is 2.23. The summed E-state index contributed by atoms with van der Waals surface area (Å²) in [4.78, 5) is 3.73. The van der Waals surface area contributed by atoms with Crippen molar-refractivity contribution in [2.24, 2.45) is 0 Å². The molecule has 2 nitrogen and oxygen atoms in total. The van der Waals surface area contributed by atoms with Gasteiger partial charge in [0.05, 0.1) is 18.2 Å². The Labute approximate surface area is 371 Å². The van der Waals surface area contributed by atoms with E-state index >= 15 is 0 Å². The Kier molecular flexibility index (Phi) is 8.65. The van der Waals surface area contributed by atoms with Gasteiger partial charge in [0.2, 0.25) is 0 Å². The van der Waals surface area contributed by atoms with Gasteiger partial charge in [-0.05, 0) is 145 Å². The number of hydrogen-bond acceptors (Lipinski definition) is 1. The van der Waals surface area contributed by atoms with Gasteiger partial charge < -0.3 is 0 Å². The maximum Gasteiger partial charge on any atom is 0.187 e. The zero-order chi connectivity index (χ0) is 42.7. The van der Waals surface area contributed by atoms with E-state index in [-0.39, 0.29) is 0 Å². The van der Waals surface area contributed by atoms with E-state index in [4.69, 9.17) is 6.57 Å². The summed E-state index contributed by atoms with van der Waals surface area (Å²) in [5, 5.41) is 21.7. The molecule has 0 N–H and O–H groups in total. The molecule has 0 saturated heterocycles. The van der Waals surface area contributed by atoms with Crippen molar-refractivity contribution in [2.45, 2.75) is 0 Å². The average Bonchev–Trinajstić information content (AvgIpc) is 3.37. The smallest absolute Gasteiger partial charge is 0.187 e. The van der Waals surface area contributed by atoms with Crippen LogP contribution in [0.4, 0.5) is 5.69 Å². The van der Waals surface area contributed by atoms with Gasteiger partial charge in [-0.2, -0.15) is 5.26 Å². The average molecular weight is 809 g/mol. The minimum Gasteiger partial charge on any atom is -0.238 e. The summed E-state index contributed by atoms with van der Waals surface area (Å²) in [7, 11) is 0.